The Morgan fingerprint density at radius 2 is 1.82 bits per heavy atom. The van der Waals surface area contributed by atoms with Gasteiger partial charge in [-0.25, -0.2) is 4.79 Å². The van der Waals surface area contributed by atoms with Gasteiger partial charge >= 0.3 is 6.09 Å². The highest BCUT2D eigenvalue weighted by Crippen LogP contribution is 2.29. The number of rotatable bonds is 7. The highest BCUT2D eigenvalue weighted by atomic mass is 16.6. The standard InChI is InChI=1S/C27H39N3O3/c1-19-7-10-22(18-29-19)21-11-14-25(32-6)23(15-21)17-28-16-20-8-12-24(13-9-20)30(5)26(31)33-27(2,3)4/h7,10-11,14-15,18,20,24,28H,8-9,12-13,16-17H2,1-6H3. The van der Waals surface area contributed by atoms with Gasteiger partial charge in [0.2, 0.25) is 0 Å². The second-order valence-corrected chi connectivity index (χ2v) is 10.1. The summed E-state index contributed by atoms with van der Waals surface area (Å²) < 4.78 is 11.1. The monoisotopic (exact) mass is 453 g/mol. The van der Waals surface area contributed by atoms with Crippen LogP contribution in [0.5, 0.6) is 5.75 Å². The van der Waals surface area contributed by atoms with Crippen LogP contribution in [0.2, 0.25) is 0 Å². The Bertz CT molecular complexity index is 913. The van der Waals surface area contributed by atoms with Crippen LogP contribution in [0.15, 0.2) is 36.5 Å². The molecule has 0 atom stereocenters. The molecule has 0 spiro atoms. The smallest absolute Gasteiger partial charge is 0.410 e. The molecule has 1 amide bonds. The first kappa shape index (κ1) is 25.0. The number of hydrogen-bond acceptors (Lipinski definition) is 5. The van der Waals surface area contributed by atoms with Crippen molar-refractivity contribution in [1.82, 2.24) is 15.2 Å². The van der Waals surface area contributed by atoms with Gasteiger partial charge in [0.15, 0.2) is 0 Å². The molecule has 0 unspecified atom stereocenters. The van der Waals surface area contributed by atoms with E-state index in [2.05, 4.69) is 28.5 Å². The molecule has 1 aromatic heterocycles. The third kappa shape index (κ3) is 7.19. The lowest BCUT2D eigenvalue weighted by molar-refractivity contribution is 0.0172. The number of nitrogens with one attached hydrogen (secondary N) is 1. The van der Waals surface area contributed by atoms with Gasteiger partial charge in [0.25, 0.3) is 0 Å². The predicted molar refractivity (Wildman–Crippen MR) is 132 cm³/mol. The molecule has 0 saturated heterocycles. The summed E-state index contributed by atoms with van der Waals surface area (Å²) in [7, 11) is 3.58. The Morgan fingerprint density at radius 1 is 1.12 bits per heavy atom. The van der Waals surface area contributed by atoms with Crippen LogP contribution in [0.4, 0.5) is 4.79 Å². The lowest BCUT2D eigenvalue weighted by atomic mass is 9.85. The van der Waals surface area contributed by atoms with Gasteiger partial charge in [-0.15, -0.1) is 0 Å². The maximum Gasteiger partial charge on any atom is 0.410 e. The van der Waals surface area contributed by atoms with Gasteiger partial charge in [-0.2, -0.15) is 0 Å². The summed E-state index contributed by atoms with van der Waals surface area (Å²) in [5.74, 6) is 1.51. The van der Waals surface area contributed by atoms with Crippen LogP contribution in [-0.4, -0.2) is 48.3 Å². The summed E-state index contributed by atoms with van der Waals surface area (Å²) in [6.07, 6.45) is 5.94. The van der Waals surface area contributed by atoms with Crippen molar-refractivity contribution in [3.8, 4) is 16.9 Å². The number of ether oxygens (including phenoxy) is 2. The first-order valence-corrected chi connectivity index (χ1v) is 11.9. The fourth-order valence-electron chi connectivity index (χ4n) is 4.37. The molecule has 1 aromatic carbocycles. The average molecular weight is 454 g/mol. The Morgan fingerprint density at radius 3 is 2.42 bits per heavy atom. The number of hydrogen-bond donors (Lipinski definition) is 1. The molecular formula is C27H39N3O3. The van der Waals surface area contributed by atoms with Crippen molar-refractivity contribution in [2.45, 2.75) is 71.6 Å². The van der Waals surface area contributed by atoms with E-state index in [0.717, 1.165) is 66.9 Å². The summed E-state index contributed by atoms with van der Waals surface area (Å²) in [6, 6.07) is 10.7. The molecule has 1 fully saturated rings. The molecule has 0 bridgehead atoms. The molecular weight excluding hydrogens is 414 g/mol. The van der Waals surface area contributed by atoms with Crippen LogP contribution in [0, 0.1) is 12.8 Å². The average Bonchev–Trinajstić information content (AvgIpc) is 2.78. The van der Waals surface area contributed by atoms with Crippen LogP contribution in [0.25, 0.3) is 11.1 Å². The van der Waals surface area contributed by atoms with Crippen LogP contribution in [0.3, 0.4) is 0 Å². The number of aryl methyl sites for hydroxylation is 1. The minimum atomic E-state index is -0.458. The molecule has 6 nitrogen and oxygen atoms in total. The van der Waals surface area contributed by atoms with Crippen LogP contribution in [-0.2, 0) is 11.3 Å². The Balaban J connectivity index is 1.50. The van der Waals surface area contributed by atoms with Gasteiger partial charge in [0.05, 0.1) is 7.11 Å². The van der Waals surface area contributed by atoms with Crippen LogP contribution >= 0.6 is 0 Å². The van der Waals surface area contributed by atoms with E-state index >= 15 is 0 Å². The molecule has 180 valence electrons. The van der Waals surface area contributed by atoms with Crippen molar-refractivity contribution < 1.29 is 14.3 Å². The summed E-state index contributed by atoms with van der Waals surface area (Å²) >= 11 is 0. The predicted octanol–water partition coefficient (Wildman–Crippen LogP) is 5.58. The van der Waals surface area contributed by atoms with Gasteiger partial charge < -0.3 is 19.7 Å². The number of methoxy groups -OCH3 is 1. The third-order valence-corrected chi connectivity index (χ3v) is 6.32. The van der Waals surface area contributed by atoms with E-state index in [-0.39, 0.29) is 12.1 Å². The molecule has 1 aliphatic carbocycles. The van der Waals surface area contributed by atoms with Crippen molar-refractivity contribution >= 4 is 6.09 Å². The fraction of sp³-hybridized carbons (Fsp3) is 0.556. The van der Waals surface area contributed by atoms with Gasteiger partial charge in [0, 0.05) is 42.7 Å². The summed E-state index contributed by atoms with van der Waals surface area (Å²) in [5.41, 5.74) is 3.96. The molecule has 0 radical (unpaired) electrons. The van der Waals surface area contributed by atoms with Gasteiger partial charge in [-0.3, -0.25) is 4.98 Å². The van der Waals surface area contributed by atoms with E-state index in [4.69, 9.17) is 9.47 Å². The van der Waals surface area contributed by atoms with Gasteiger partial charge in [-0.1, -0.05) is 12.1 Å². The molecule has 1 heterocycles. The molecule has 3 rings (SSSR count). The van der Waals surface area contributed by atoms with Crippen LogP contribution < -0.4 is 10.1 Å². The normalized spacial score (nSPS) is 18.6. The molecule has 1 N–H and O–H groups in total. The largest absolute Gasteiger partial charge is 0.496 e. The Kier molecular flexibility index (Phi) is 8.35. The van der Waals surface area contributed by atoms with E-state index < -0.39 is 5.60 Å². The van der Waals surface area contributed by atoms with E-state index in [1.165, 1.54) is 0 Å². The van der Waals surface area contributed by atoms with E-state index in [9.17, 15) is 4.79 Å². The number of nitrogens with zero attached hydrogens (tertiary/aromatic N) is 2. The zero-order chi connectivity index (χ0) is 24.0. The van der Waals surface area contributed by atoms with Gasteiger partial charge in [0.1, 0.15) is 11.4 Å². The van der Waals surface area contributed by atoms with Crippen molar-refractivity contribution in [2.24, 2.45) is 5.92 Å². The minimum Gasteiger partial charge on any atom is -0.496 e. The molecule has 1 saturated carbocycles. The Labute approximate surface area is 198 Å². The summed E-state index contributed by atoms with van der Waals surface area (Å²) in [4.78, 5) is 18.6. The number of carbonyl (C=O) groups is 1. The second-order valence-electron chi connectivity index (χ2n) is 10.1. The third-order valence-electron chi connectivity index (χ3n) is 6.32. The first-order chi connectivity index (χ1) is 15.7. The SMILES string of the molecule is COc1ccc(-c2ccc(C)nc2)cc1CNCC1CCC(N(C)C(=O)OC(C)(C)C)CC1. The highest BCUT2D eigenvalue weighted by molar-refractivity contribution is 5.68. The molecule has 6 heteroatoms. The maximum atomic E-state index is 12.4. The second kappa shape index (κ2) is 11.0. The lowest BCUT2D eigenvalue weighted by Gasteiger charge is -2.35. The van der Waals surface area contributed by atoms with E-state index in [1.54, 1.807) is 12.0 Å². The summed E-state index contributed by atoms with van der Waals surface area (Å²) in [6.45, 7) is 9.43. The van der Waals surface area contributed by atoms with E-state index in [1.807, 2.05) is 53.1 Å². The zero-order valence-electron chi connectivity index (χ0n) is 21.0. The van der Waals surface area contributed by atoms with Crippen molar-refractivity contribution in [2.75, 3.05) is 20.7 Å². The topological polar surface area (TPSA) is 63.7 Å². The molecule has 1 aliphatic rings. The van der Waals surface area contributed by atoms with E-state index in [0.29, 0.717) is 5.92 Å². The fourth-order valence-corrected chi connectivity index (χ4v) is 4.37. The highest BCUT2D eigenvalue weighted by Gasteiger charge is 2.29. The zero-order valence-corrected chi connectivity index (χ0v) is 21.0. The molecule has 2 aromatic rings. The first-order valence-electron chi connectivity index (χ1n) is 11.9. The minimum absolute atomic E-state index is 0.222. The lowest BCUT2D eigenvalue weighted by Crippen LogP contribution is -2.43. The van der Waals surface area contributed by atoms with Gasteiger partial charge in [-0.05, 0) is 89.6 Å². The quantitative estimate of drug-likeness (QED) is 0.593. The number of aromatic nitrogens is 1. The van der Waals surface area contributed by atoms with Crippen molar-refractivity contribution in [1.29, 1.82) is 0 Å². The summed E-state index contributed by atoms with van der Waals surface area (Å²) in [5, 5.41) is 3.63. The molecule has 33 heavy (non-hydrogen) atoms. The number of amides is 1. The molecule has 0 aliphatic heterocycles. The maximum absolute atomic E-state index is 12.4. The van der Waals surface area contributed by atoms with Crippen LogP contribution in [0.1, 0.15) is 57.7 Å². The van der Waals surface area contributed by atoms with Crippen molar-refractivity contribution in [3.05, 3.63) is 47.8 Å². The number of carbonyl (C=O) groups excluding carboxylic acids is 1. The number of pyridine rings is 1. The number of benzene rings is 1. The van der Waals surface area contributed by atoms with Crippen molar-refractivity contribution in [3.63, 3.8) is 0 Å². The Hall–Kier alpha value is -2.60.